The quantitative estimate of drug-likeness (QED) is 0.841. The number of rotatable bonds is 6. The molecule has 1 amide bonds. The lowest BCUT2D eigenvalue weighted by Crippen LogP contribution is -2.46. The molecule has 0 radical (unpaired) electrons. The van der Waals surface area contributed by atoms with Crippen LogP contribution in [0.3, 0.4) is 0 Å². The van der Waals surface area contributed by atoms with Crippen molar-refractivity contribution in [2.45, 2.75) is 31.2 Å². The summed E-state index contributed by atoms with van der Waals surface area (Å²) in [6.07, 6.45) is 0.383. The fourth-order valence-corrected chi connectivity index (χ4v) is 3.88. The number of carbonyl (C=O) groups is 1. The normalized spacial score (nSPS) is 13.2. The fourth-order valence-electron chi connectivity index (χ4n) is 1.92. The lowest BCUT2D eigenvalue weighted by atomic mass is 10.0. The molecule has 8 heteroatoms. The molecule has 0 bridgehead atoms. The molecule has 0 fully saturated rings. The van der Waals surface area contributed by atoms with E-state index < -0.39 is 16.1 Å². The molecule has 1 aromatic rings. The van der Waals surface area contributed by atoms with Crippen LogP contribution in [0.15, 0.2) is 23.1 Å². The van der Waals surface area contributed by atoms with Crippen molar-refractivity contribution in [3.8, 4) is 0 Å². The second-order valence-corrected chi connectivity index (χ2v) is 8.14. The van der Waals surface area contributed by atoms with Crippen molar-refractivity contribution in [1.29, 1.82) is 0 Å². The highest BCUT2D eigenvalue weighted by molar-refractivity contribution is 7.89. The molecule has 1 atom stereocenters. The number of nitrogens with zero attached hydrogens (tertiary/aromatic N) is 1. The van der Waals surface area contributed by atoms with Gasteiger partial charge in [0.1, 0.15) is 10.9 Å². The van der Waals surface area contributed by atoms with Crippen LogP contribution in [0.2, 0.25) is 10.0 Å². The Balaban J connectivity index is 3.15. The standard InChI is InChI=1S/C14H20Cl2N2O3S/c1-9(2)7-12(14(19)18(3)4)17-22(20,21)13-8-10(15)5-6-11(13)16/h5-6,8-9,12,17H,7H2,1-4H3/t12-/m1/s1. The smallest absolute Gasteiger partial charge is 0.242 e. The molecule has 5 nitrogen and oxygen atoms in total. The van der Waals surface area contributed by atoms with Gasteiger partial charge in [0.25, 0.3) is 0 Å². The Hall–Kier alpha value is -0.820. The van der Waals surface area contributed by atoms with Gasteiger partial charge in [0, 0.05) is 19.1 Å². The van der Waals surface area contributed by atoms with Gasteiger partial charge in [-0.15, -0.1) is 0 Å². The second kappa shape index (κ2) is 7.64. The van der Waals surface area contributed by atoms with Crippen molar-refractivity contribution < 1.29 is 13.2 Å². The Morgan fingerprint density at radius 3 is 2.36 bits per heavy atom. The summed E-state index contributed by atoms with van der Waals surface area (Å²) >= 11 is 11.8. The van der Waals surface area contributed by atoms with Gasteiger partial charge < -0.3 is 4.90 Å². The number of sulfonamides is 1. The first-order valence-corrected chi connectivity index (χ1v) is 8.97. The lowest BCUT2D eigenvalue weighted by Gasteiger charge is -2.23. The van der Waals surface area contributed by atoms with Gasteiger partial charge in [-0.25, -0.2) is 8.42 Å². The average molecular weight is 367 g/mol. The number of hydrogen-bond acceptors (Lipinski definition) is 3. The van der Waals surface area contributed by atoms with Crippen LogP contribution < -0.4 is 4.72 Å². The van der Waals surface area contributed by atoms with E-state index in [-0.39, 0.29) is 26.8 Å². The molecule has 22 heavy (non-hydrogen) atoms. The fraction of sp³-hybridized carbons (Fsp3) is 0.500. The van der Waals surface area contributed by atoms with Crippen LogP contribution in [-0.4, -0.2) is 39.4 Å². The highest BCUT2D eigenvalue weighted by Crippen LogP contribution is 2.25. The number of nitrogens with one attached hydrogen (secondary N) is 1. The molecule has 0 spiro atoms. The predicted octanol–water partition coefficient (Wildman–Crippen LogP) is 2.77. The number of halogens is 2. The molecule has 124 valence electrons. The van der Waals surface area contributed by atoms with E-state index in [9.17, 15) is 13.2 Å². The molecule has 1 N–H and O–H groups in total. The van der Waals surface area contributed by atoms with Gasteiger partial charge in [-0.1, -0.05) is 37.0 Å². The molecule has 0 aliphatic heterocycles. The molecule has 0 aromatic heterocycles. The van der Waals surface area contributed by atoms with Crippen molar-refractivity contribution in [3.05, 3.63) is 28.2 Å². The first kappa shape index (κ1) is 19.2. The molecule has 0 saturated carbocycles. The second-order valence-electron chi connectivity index (χ2n) is 5.61. The summed E-state index contributed by atoms with van der Waals surface area (Å²) in [6, 6.07) is 3.32. The van der Waals surface area contributed by atoms with Gasteiger partial charge in [-0.05, 0) is 30.5 Å². The average Bonchev–Trinajstić information content (AvgIpc) is 2.38. The topological polar surface area (TPSA) is 66.5 Å². The Morgan fingerprint density at radius 2 is 1.86 bits per heavy atom. The Morgan fingerprint density at radius 1 is 1.27 bits per heavy atom. The van der Waals surface area contributed by atoms with Crippen molar-refractivity contribution in [2.75, 3.05) is 14.1 Å². The Bertz CT molecular complexity index is 645. The van der Waals surface area contributed by atoms with Crippen LogP contribution >= 0.6 is 23.2 Å². The van der Waals surface area contributed by atoms with E-state index in [0.717, 1.165) is 0 Å². The van der Waals surface area contributed by atoms with Crippen LogP contribution in [0, 0.1) is 5.92 Å². The van der Waals surface area contributed by atoms with E-state index >= 15 is 0 Å². The van der Waals surface area contributed by atoms with Crippen LogP contribution in [0.4, 0.5) is 0 Å². The van der Waals surface area contributed by atoms with Crippen LogP contribution in [0.5, 0.6) is 0 Å². The van der Waals surface area contributed by atoms with E-state index in [1.165, 1.54) is 23.1 Å². The van der Waals surface area contributed by atoms with Gasteiger partial charge >= 0.3 is 0 Å². The molecule has 0 aliphatic rings. The van der Waals surface area contributed by atoms with Crippen molar-refractivity contribution >= 4 is 39.1 Å². The number of benzene rings is 1. The van der Waals surface area contributed by atoms with Gasteiger partial charge in [-0.3, -0.25) is 4.79 Å². The van der Waals surface area contributed by atoms with Crippen LogP contribution in [0.1, 0.15) is 20.3 Å². The summed E-state index contributed by atoms with van der Waals surface area (Å²) in [5.74, 6) is -0.165. The van der Waals surface area contributed by atoms with E-state index in [1.807, 2.05) is 13.8 Å². The monoisotopic (exact) mass is 366 g/mol. The van der Waals surface area contributed by atoms with Gasteiger partial charge in [0.15, 0.2) is 0 Å². The summed E-state index contributed by atoms with van der Waals surface area (Å²) in [5.41, 5.74) is 0. The predicted molar refractivity (Wildman–Crippen MR) is 88.7 cm³/mol. The zero-order valence-electron chi connectivity index (χ0n) is 12.9. The first-order chi connectivity index (χ1) is 10.0. The first-order valence-electron chi connectivity index (χ1n) is 6.73. The van der Waals surface area contributed by atoms with Crippen LogP contribution in [-0.2, 0) is 14.8 Å². The van der Waals surface area contributed by atoms with Crippen LogP contribution in [0.25, 0.3) is 0 Å². The van der Waals surface area contributed by atoms with E-state index in [0.29, 0.717) is 6.42 Å². The number of likely N-dealkylation sites (N-methyl/N-ethyl adjacent to an activating group) is 1. The zero-order valence-corrected chi connectivity index (χ0v) is 15.3. The van der Waals surface area contributed by atoms with Crippen molar-refractivity contribution in [1.82, 2.24) is 9.62 Å². The SMILES string of the molecule is CC(C)C[C@@H](NS(=O)(=O)c1cc(Cl)ccc1Cl)C(=O)N(C)C. The lowest BCUT2D eigenvalue weighted by molar-refractivity contribution is -0.130. The molecular weight excluding hydrogens is 347 g/mol. The summed E-state index contributed by atoms with van der Waals surface area (Å²) in [6.45, 7) is 3.83. The van der Waals surface area contributed by atoms with Gasteiger partial charge in [0.05, 0.1) is 5.02 Å². The van der Waals surface area contributed by atoms with Gasteiger partial charge in [-0.2, -0.15) is 4.72 Å². The molecule has 1 rings (SSSR count). The summed E-state index contributed by atoms with van der Waals surface area (Å²) < 4.78 is 27.4. The minimum atomic E-state index is -3.95. The number of carbonyl (C=O) groups excluding carboxylic acids is 1. The summed E-state index contributed by atoms with van der Waals surface area (Å²) in [5, 5.41) is 0.307. The Labute approximate surface area is 141 Å². The highest BCUT2D eigenvalue weighted by atomic mass is 35.5. The third kappa shape index (κ3) is 5.12. The van der Waals surface area contributed by atoms with E-state index in [4.69, 9.17) is 23.2 Å². The molecule has 1 aromatic carbocycles. The molecule has 0 heterocycles. The molecule has 0 aliphatic carbocycles. The molecule has 0 unspecified atom stereocenters. The third-order valence-electron chi connectivity index (χ3n) is 2.93. The van der Waals surface area contributed by atoms with Gasteiger partial charge in [0.2, 0.25) is 15.9 Å². The van der Waals surface area contributed by atoms with Crippen molar-refractivity contribution in [2.24, 2.45) is 5.92 Å². The minimum absolute atomic E-state index is 0.0532. The largest absolute Gasteiger partial charge is 0.347 e. The number of hydrogen-bond donors (Lipinski definition) is 1. The maximum absolute atomic E-state index is 12.5. The molecule has 0 saturated heterocycles. The summed E-state index contributed by atoms with van der Waals surface area (Å²) in [7, 11) is -0.791. The summed E-state index contributed by atoms with van der Waals surface area (Å²) in [4.78, 5) is 13.4. The highest BCUT2D eigenvalue weighted by Gasteiger charge is 2.28. The zero-order chi connectivity index (χ0) is 17.1. The van der Waals surface area contributed by atoms with E-state index in [2.05, 4.69) is 4.72 Å². The maximum atomic E-state index is 12.5. The van der Waals surface area contributed by atoms with Crippen molar-refractivity contribution in [3.63, 3.8) is 0 Å². The minimum Gasteiger partial charge on any atom is -0.347 e. The van der Waals surface area contributed by atoms with E-state index in [1.54, 1.807) is 14.1 Å². The third-order valence-corrected chi connectivity index (χ3v) is 5.11. The number of amides is 1. The molecular formula is C14H20Cl2N2O3S. The Kier molecular flexibility index (Phi) is 6.67. The maximum Gasteiger partial charge on any atom is 0.242 e.